The number of amides is 1. The van der Waals surface area contributed by atoms with Crippen LogP contribution in [0.2, 0.25) is 0 Å². The third kappa shape index (κ3) is 5.22. The molecule has 1 aliphatic rings. The molecule has 1 aromatic heterocycles. The molecule has 0 saturated carbocycles. The van der Waals surface area contributed by atoms with E-state index in [-0.39, 0.29) is 12.5 Å². The second-order valence-corrected chi connectivity index (χ2v) is 8.21. The van der Waals surface area contributed by atoms with Gasteiger partial charge in [-0.25, -0.2) is 4.98 Å². The normalized spacial score (nSPS) is 14.4. The molecule has 1 aliphatic heterocycles. The van der Waals surface area contributed by atoms with E-state index in [4.69, 9.17) is 14.5 Å². The van der Waals surface area contributed by atoms with Crippen molar-refractivity contribution in [3.05, 3.63) is 48.3 Å². The van der Waals surface area contributed by atoms with Crippen molar-refractivity contribution < 1.29 is 14.3 Å². The van der Waals surface area contributed by atoms with Crippen LogP contribution in [0, 0.1) is 0 Å². The van der Waals surface area contributed by atoms with Crippen molar-refractivity contribution in [2.45, 2.75) is 45.7 Å². The molecular formula is C25H32N4O3. The zero-order valence-corrected chi connectivity index (χ0v) is 19.0. The number of hydrogen-bond donors (Lipinski definition) is 1. The highest BCUT2D eigenvalue weighted by molar-refractivity contribution is 5.94. The summed E-state index contributed by atoms with van der Waals surface area (Å²) in [4.78, 5) is 19.9. The van der Waals surface area contributed by atoms with E-state index in [9.17, 15) is 4.79 Å². The lowest BCUT2D eigenvalue weighted by Gasteiger charge is -2.26. The van der Waals surface area contributed by atoms with Crippen LogP contribution in [-0.4, -0.2) is 47.2 Å². The molecule has 3 aromatic rings. The molecule has 170 valence electrons. The number of fused-ring (bicyclic) bond motifs is 1. The minimum Gasteiger partial charge on any atom is -0.493 e. The fraction of sp³-hybridized carbons (Fsp3) is 0.440. The Morgan fingerprint density at radius 2 is 1.88 bits per heavy atom. The number of benzene rings is 2. The molecule has 0 atom stereocenters. The number of piperidine rings is 1. The summed E-state index contributed by atoms with van der Waals surface area (Å²) in [6.45, 7) is 6.20. The van der Waals surface area contributed by atoms with Gasteiger partial charge in [-0.2, -0.15) is 0 Å². The van der Waals surface area contributed by atoms with Crippen molar-refractivity contribution in [3.8, 4) is 11.5 Å². The Bertz CT molecular complexity index is 1060. The Morgan fingerprint density at radius 1 is 1.09 bits per heavy atom. The summed E-state index contributed by atoms with van der Waals surface area (Å²) in [5.74, 6) is 2.02. The number of carbonyl (C=O) groups excluding carboxylic acids is 1. The lowest BCUT2D eigenvalue weighted by molar-refractivity contribution is -0.118. The molecule has 0 radical (unpaired) electrons. The summed E-state index contributed by atoms with van der Waals surface area (Å²) >= 11 is 0. The van der Waals surface area contributed by atoms with E-state index in [1.807, 2.05) is 30.3 Å². The third-order valence-electron chi connectivity index (χ3n) is 5.80. The average Bonchev–Trinajstić information content (AvgIpc) is 3.15. The summed E-state index contributed by atoms with van der Waals surface area (Å²) in [6.07, 6.45) is 4.91. The van der Waals surface area contributed by atoms with Crippen LogP contribution in [0.15, 0.2) is 42.5 Å². The van der Waals surface area contributed by atoms with Gasteiger partial charge >= 0.3 is 0 Å². The van der Waals surface area contributed by atoms with Crippen LogP contribution in [0.3, 0.4) is 0 Å². The molecule has 1 saturated heterocycles. The summed E-state index contributed by atoms with van der Waals surface area (Å²) in [7, 11) is 1.58. The van der Waals surface area contributed by atoms with Gasteiger partial charge < -0.3 is 19.4 Å². The van der Waals surface area contributed by atoms with Crippen molar-refractivity contribution in [1.29, 1.82) is 0 Å². The van der Waals surface area contributed by atoms with Gasteiger partial charge in [-0.15, -0.1) is 0 Å². The van der Waals surface area contributed by atoms with Crippen LogP contribution in [-0.2, 0) is 17.9 Å². The molecule has 1 N–H and O–H groups in total. The maximum Gasteiger partial charge on any atom is 0.262 e. The van der Waals surface area contributed by atoms with Gasteiger partial charge in [-0.1, -0.05) is 25.5 Å². The summed E-state index contributed by atoms with van der Waals surface area (Å²) in [6, 6.07) is 13.2. The zero-order valence-electron chi connectivity index (χ0n) is 19.0. The molecule has 0 bridgehead atoms. The molecule has 7 heteroatoms. The maximum atomic E-state index is 12.4. The number of aryl methyl sites for hydroxylation is 1. The fourth-order valence-corrected chi connectivity index (χ4v) is 4.25. The van der Waals surface area contributed by atoms with E-state index < -0.39 is 0 Å². The summed E-state index contributed by atoms with van der Waals surface area (Å²) in [5.41, 5.74) is 2.74. The van der Waals surface area contributed by atoms with Crippen molar-refractivity contribution in [2.75, 3.05) is 32.1 Å². The first-order valence-corrected chi connectivity index (χ1v) is 11.4. The second kappa shape index (κ2) is 10.5. The van der Waals surface area contributed by atoms with E-state index >= 15 is 0 Å². The highest BCUT2D eigenvalue weighted by Crippen LogP contribution is 2.26. The molecular weight excluding hydrogens is 404 g/mol. The topological polar surface area (TPSA) is 68.6 Å². The SMILES string of the molecule is CCCn1c(CN2CCCCC2)nc2cc(NC(=O)COc3ccccc3OC)ccc21. The highest BCUT2D eigenvalue weighted by atomic mass is 16.5. The molecule has 0 aliphatic carbocycles. The molecule has 7 nitrogen and oxygen atoms in total. The van der Waals surface area contributed by atoms with Crippen LogP contribution in [0.25, 0.3) is 11.0 Å². The predicted octanol–water partition coefficient (Wildman–Crippen LogP) is 4.46. The minimum absolute atomic E-state index is 0.0943. The number of ether oxygens (including phenoxy) is 2. The number of likely N-dealkylation sites (tertiary alicyclic amines) is 1. The average molecular weight is 437 g/mol. The number of methoxy groups -OCH3 is 1. The van der Waals surface area contributed by atoms with E-state index in [0.717, 1.165) is 55.1 Å². The Hall–Kier alpha value is -3.06. The molecule has 0 unspecified atom stereocenters. The van der Waals surface area contributed by atoms with Gasteiger partial charge in [0, 0.05) is 12.2 Å². The van der Waals surface area contributed by atoms with Crippen molar-refractivity contribution >= 4 is 22.6 Å². The van der Waals surface area contributed by atoms with Crippen LogP contribution >= 0.6 is 0 Å². The van der Waals surface area contributed by atoms with Crippen molar-refractivity contribution in [3.63, 3.8) is 0 Å². The smallest absolute Gasteiger partial charge is 0.262 e. The van der Waals surface area contributed by atoms with Gasteiger partial charge in [0.25, 0.3) is 5.91 Å². The first-order valence-electron chi connectivity index (χ1n) is 11.4. The van der Waals surface area contributed by atoms with Crippen LogP contribution in [0.1, 0.15) is 38.4 Å². The standard InChI is InChI=1S/C25H32N4O3/c1-3-13-29-21-12-11-19(16-20(21)27-24(29)17-28-14-7-4-8-15-28)26-25(30)18-32-23-10-6-5-9-22(23)31-2/h5-6,9-12,16H,3-4,7-8,13-15,17-18H2,1-2H3,(H,26,30). The number of para-hydroxylation sites is 2. The number of nitrogens with one attached hydrogen (secondary N) is 1. The molecule has 32 heavy (non-hydrogen) atoms. The number of carbonyl (C=O) groups is 1. The lowest BCUT2D eigenvalue weighted by Crippen LogP contribution is -2.30. The van der Waals surface area contributed by atoms with Gasteiger partial charge in [0.2, 0.25) is 0 Å². The number of aromatic nitrogens is 2. The largest absolute Gasteiger partial charge is 0.493 e. The van der Waals surface area contributed by atoms with E-state index in [2.05, 4.69) is 21.7 Å². The van der Waals surface area contributed by atoms with Crippen molar-refractivity contribution in [2.24, 2.45) is 0 Å². The number of anilines is 1. The second-order valence-electron chi connectivity index (χ2n) is 8.21. The van der Waals surface area contributed by atoms with Gasteiger partial charge in [0.05, 0.1) is 24.7 Å². The first-order chi connectivity index (χ1) is 15.7. The first kappa shape index (κ1) is 22.1. The number of imidazole rings is 1. The van der Waals surface area contributed by atoms with Crippen molar-refractivity contribution in [1.82, 2.24) is 14.5 Å². The van der Waals surface area contributed by atoms with Gasteiger partial charge in [-0.05, 0) is 62.7 Å². The Kier molecular flexibility index (Phi) is 7.27. The minimum atomic E-state index is -0.225. The monoisotopic (exact) mass is 436 g/mol. The molecule has 0 spiro atoms. The fourth-order valence-electron chi connectivity index (χ4n) is 4.25. The summed E-state index contributed by atoms with van der Waals surface area (Å²) < 4.78 is 13.2. The molecule has 4 rings (SSSR count). The van der Waals surface area contributed by atoms with Gasteiger partial charge in [0.1, 0.15) is 5.82 Å². The molecule has 1 amide bonds. The number of rotatable bonds is 9. The Labute approximate surface area is 189 Å². The number of hydrogen-bond acceptors (Lipinski definition) is 5. The molecule has 2 aromatic carbocycles. The highest BCUT2D eigenvalue weighted by Gasteiger charge is 2.17. The van der Waals surface area contributed by atoms with E-state index in [1.165, 1.54) is 19.3 Å². The molecule has 2 heterocycles. The lowest BCUT2D eigenvalue weighted by atomic mass is 10.1. The van der Waals surface area contributed by atoms with E-state index in [1.54, 1.807) is 19.2 Å². The van der Waals surface area contributed by atoms with Crippen LogP contribution in [0.4, 0.5) is 5.69 Å². The van der Waals surface area contributed by atoms with Crippen LogP contribution < -0.4 is 14.8 Å². The van der Waals surface area contributed by atoms with Crippen LogP contribution in [0.5, 0.6) is 11.5 Å². The van der Waals surface area contributed by atoms with E-state index in [0.29, 0.717) is 11.5 Å². The number of nitrogens with zero attached hydrogens (tertiary/aromatic N) is 3. The third-order valence-corrected chi connectivity index (χ3v) is 5.80. The quantitative estimate of drug-likeness (QED) is 0.536. The Morgan fingerprint density at radius 3 is 2.62 bits per heavy atom. The van der Waals surface area contributed by atoms with Gasteiger partial charge in [-0.3, -0.25) is 9.69 Å². The summed E-state index contributed by atoms with van der Waals surface area (Å²) in [5, 5.41) is 2.92. The zero-order chi connectivity index (χ0) is 22.3. The Balaban J connectivity index is 1.45. The maximum absolute atomic E-state index is 12.4. The van der Waals surface area contributed by atoms with Gasteiger partial charge in [0.15, 0.2) is 18.1 Å². The molecule has 1 fully saturated rings. The predicted molar refractivity (Wildman–Crippen MR) is 126 cm³/mol.